The zero-order valence-corrected chi connectivity index (χ0v) is 16.5. The van der Waals surface area contributed by atoms with Gasteiger partial charge in [-0.05, 0) is 49.4 Å². The molecular formula is C20H20ClN3O4. The third-order valence-corrected chi connectivity index (χ3v) is 4.26. The molecule has 7 nitrogen and oxygen atoms in total. The lowest BCUT2D eigenvalue weighted by atomic mass is 10.2. The van der Waals surface area contributed by atoms with Crippen LogP contribution in [-0.4, -0.2) is 41.2 Å². The lowest BCUT2D eigenvalue weighted by molar-refractivity contribution is -0.137. The van der Waals surface area contributed by atoms with Gasteiger partial charge in [0, 0.05) is 17.6 Å². The van der Waals surface area contributed by atoms with Crippen LogP contribution in [0, 0.1) is 0 Å². The second kappa shape index (κ2) is 8.75. The Labute approximate surface area is 167 Å². The molecule has 0 radical (unpaired) electrons. The molecule has 8 heteroatoms. The number of aromatic nitrogens is 2. The van der Waals surface area contributed by atoms with Gasteiger partial charge in [-0.15, -0.1) is 0 Å². The number of amides is 1. The number of hydrogen-bond donors (Lipinski definition) is 0. The zero-order valence-electron chi connectivity index (χ0n) is 15.8. The van der Waals surface area contributed by atoms with Gasteiger partial charge in [-0.1, -0.05) is 22.8 Å². The molecule has 3 aromatic rings. The summed E-state index contributed by atoms with van der Waals surface area (Å²) in [6, 6.07) is 14.2. The van der Waals surface area contributed by atoms with Crippen LogP contribution >= 0.6 is 11.6 Å². The molecule has 0 saturated heterocycles. The van der Waals surface area contributed by atoms with E-state index in [1.54, 1.807) is 45.3 Å². The fourth-order valence-corrected chi connectivity index (χ4v) is 2.74. The number of carbonyl (C=O) groups excluding carboxylic acids is 1. The van der Waals surface area contributed by atoms with E-state index >= 15 is 0 Å². The summed E-state index contributed by atoms with van der Waals surface area (Å²) in [5.41, 5.74) is 0.794. The summed E-state index contributed by atoms with van der Waals surface area (Å²) < 4.78 is 16.1. The molecule has 1 heterocycles. The molecule has 28 heavy (non-hydrogen) atoms. The van der Waals surface area contributed by atoms with Gasteiger partial charge in [0.1, 0.15) is 11.5 Å². The largest absolute Gasteiger partial charge is 0.497 e. The lowest BCUT2D eigenvalue weighted by Gasteiger charge is -2.20. The van der Waals surface area contributed by atoms with Gasteiger partial charge in [-0.3, -0.25) is 4.79 Å². The maximum Gasteiger partial charge on any atom is 0.263 e. The van der Waals surface area contributed by atoms with Crippen LogP contribution in [0.15, 0.2) is 53.1 Å². The molecule has 0 fully saturated rings. The highest BCUT2D eigenvalue weighted by Crippen LogP contribution is 2.21. The molecule has 3 rings (SSSR count). The van der Waals surface area contributed by atoms with Crippen LogP contribution < -0.4 is 9.47 Å². The molecule has 1 amide bonds. The SMILES string of the molecule is COc1ccc(-c2noc(CN(C)C(=O)[C@H](C)Oc3cccc(Cl)c3)n2)cc1. The number of hydrogen-bond acceptors (Lipinski definition) is 6. The maximum atomic E-state index is 12.5. The van der Waals surface area contributed by atoms with Crippen LogP contribution in [0.25, 0.3) is 11.4 Å². The Morgan fingerprint density at radius 1 is 1.21 bits per heavy atom. The Morgan fingerprint density at radius 2 is 1.96 bits per heavy atom. The summed E-state index contributed by atoms with van der Waals surface area (Å²) in [5.74, 6) is 1.83. The predicted molar refractivity (Wildman–Crippen MR) is 104 cm³/mol. The van der Waals surface area contributed by atoms with Gasteiger partial charge in [0.05, 0.1) is 13.7 Å². The van der Waals surface area contributed by atoms with E-state index in [0.29, 0.717) is 22.5 Å². The molecule has 146 valence electrons. The summed E-state index contributed by atoms with van der Waals surface area (Å²) >= 11 is 5.94. The van der Waals surface area contributed by atoms with Gasteiger partial charge < -0.3 is 18.9 Å². The Hall–Kier alpha value is -3.06. The molecule has 0 aliphatic rings. The van der Waals surface area contributed by atoms with Crippen molar-refractivity contribution in [3.05, 3.63) is 59.4 Å². The van der Waals surface area contributed by atoms with Gasteiger partial charge in [0.15, 0.2) is 6.10 Å². The summed E-state index contributed by atoms with van der Waals surface area (Å²) in [5, 5.41) is 4.51. The van der Waals surface area contributed by atoms with Crippen LogP contribution in [0.2, 0.25) is 5.02 Å². The molecule has 1 aromatic heterocycles. The van der Waals surface area contributed by atoms with Crippen molar-refractivity contribution in [1.29, 1.82) is 0 Å². The number of halogens is 1. The maximum absolute atomic E-state index is 12.5. The first kappa shape index (κ1) is 19.7. The van der Waals surface area contributed by atoms with Crippen molar-refractivity contribution in [2.45, 2.75) is 19.6 Å². The normalized spacial score (nSPS) is 11.7. The van der Waals surface area contributed by atoms with E-state index in [9.17, 15) is 4.79 Å². The monoisotopic (exact) mass is 401 g/mol. The Balaban J connectivity index is 1.61. The number of ether oxygens (including phenoxy) is 2. The zero-order chi connectivity index (χ0) is 20.1. The van der Waals surface area contributed by atoms with Crippen LogP contribution in [0.4, 0.5) is 0 Å². The fourth-order valence-electron chi connectivity index (χ4n) is 2.56. The quantitative estimate of drug-likeness (QED) is 0.598. The van der Waals surface area contributed by atoms with E-state index in [4.69, 9.17) is 25.6 Å². The molecule has 0 bridgehead atoms. The van der Waals surface area contributed by atoms with E-state index in [1.165, 1.54) is 4.90 Å². The lowest BCUT2D eigenvalue weighted by Crippen LogP contribution is -2.37. The second-order valence-electron chi connectivity index (χ2n) is 6.15. The average molecular weight is 402 g/mol. The van der Waals surface area contributed by atoms with Gasteiger partial charge in [0.2, 0.25) is 11.7 Å². The number of benzene rings is 2. The average Bonchev–Trinajstić information content (AvgIpc) is 3.15. The second-order valence-corrected chi connectivity index (χ2v) is 6.59. The van der Waals surface area contributed by atoms with Crippen molar-refractivity contribution in [3.63, 3.8) is 0 Å². The van der Waals surface area contributed by atoms with Crippen molar-refractivity contribution in [2.75, 3.05) is 14.2 Å². The third-order valence-electron chi connectivity index (χ3n) is 4.02. The van der Waals surface area contributed by atoms with Gasteiger partial charge in [-0.2, -0.15) is 4.98 Å². The summed E-state index contributed by atoms with van der Waals surface area (Å²) in [6.07, 6.45) is -0.688. The highest BCUT2D eigenvalue weighted by Gasteiger charge is 2.21. The van der Waals surface area contributed by atoms with Crippen LogP contribution in [-0.2, 0) is 11.3 Å². The summed E-state index contributed by atoms with van der Waals surface area (Å²) in [7, 11) is 3.25. The molecule has 0 aliphatic carbocycles. The van der Waals surface area contributed by atoms with E-state index in [1.807, 2.05) is 24.3 Å². The number of rotatable bonds is 7. The standard InChI is InChI=1S/C20H20ClN3O4/c1-13(27-17-6-4-5-15(21)11-17)20(25)24(2)12-18-22-19(23-28-18)14-7-9-16(26-3)10-8-14/h4-11,13H,12H2,1-3H3/t13-/m0/s1. The summed E-state index contributed by atoms with van der Waals surface area (Å²) in [6.45, 7) is 1.85. The Bertz CT molecular complexity index is 943. The van der Waals surface area contributed by atoms with Crippen molar-refractivity contribution in [1.82, 2.24) is 15.0 Å². The van der Waals surface area contributed by atoms with Crippen LogP contribution in [0.3, 0.4) is 0 Å². The molecule has 0 saturated carbocycles. The molecule has 0 aliphatic heterocycles. The third kappa shape index (κ3) is 4.80. The first-order valence-corrected chi connectivity index (χ1v) is 8.98. The van der Waals surface area contributed by atoms with Crippen molar-refractivity contribution < 1.29 is 18.8 Å². The van der Waals surface area contributed by atoms with Crippen molar-refractivity contribution in [2.24, 2.45) is 0 Å². The molecular weight excluding hydrogens is 382 g/mol. The minimum atomic E-state index is -0.688. The minimum absolute atomic E-state index is 0.172. The fraction of sp³-hybridized carbons (Fsp3) is 0.250. The van der Waals surface area contributed by atoms with Crippen molar-refractivity contribution >= 4 is 17.5 Å². The molecule has 0 unspecified atom stereocenters. The first-order valence-electron chi connectivity index (χ1n) is 8.60. The molecule has 0 N–H and O–H groups in total. The van der Waals surface area contributed by atoms with E-state index < -0.39 is 6.10 Å². The molecule has 2 aromatic carbocycles. The highest BCUT2D eigenvalue weighted by molar-refractivity contribution is 6.30. The van der Waals surface area contributed by atoms with Crippen LogP contribution in [0.5, 0.6) is 11.5 Å². The van der Waals surface area contributed by atoms with Gasteiger partial charge in [-0.25, -0.2) is 0 Å². The number of methoxy groups -OCH3 is 1. The molecule has 0 spiro atoms. The Kier molecular flexibility index (Phi) is 6.16. The molecule has 1 atom stereocenters. The number of nitrogens with zero attached hydrogens (tertiary/aromatic N) is 3. The van der Waals surface area contributed by atoms with Gasteiger partial charge in [0.25, 0.3) is 5.91 Å². The topological polar surface area (TPSA) is 77.7 Å². The predicted octanol–water partition coefficient (Wildman–Crippen LogP) is 3.82. The van der Waals surface area contributed by atoms with Crippen molar-refractivity contribution in [3.8, 4) is 22.9 Å². The number of carbonyl (C=O) groups is 1. The van der Waals surface area contributed by atoms with Gasteiger partial charge >= 0.3 is 0 Å². The van der Waals surface area contributed by atoms with Crippen LogP contribution in [0.1, 0.15) is 12.8 Å². The number of likely N-dealkylation sites (N-methyl/N-ethyl adjacent to an activating group) is 1. The Morgan fingerprint density at radius 3 is 2.64 bits per heavy atom. The highest BCUT2D eigenvalue weighted by atomic mass is 35.5. The van der Waals surface area contributed by atoms with E-state index in [-0.39, 0.29) is 12.5 Å². The van der Waals surface area contributed by atoms with E-state index in [0.717, 1.165) is 11.3 Å². The van der Waals surface area contributed by atoms with E-state index in [2.05, 4.69) is 10.1 Å². The first-order chi connectivity index (χ1) is 13.5. The minimum Gasteiger partial charge on any atom is -0.497 e. The smallest absolute Gasteiger partial charge is 0.263 e. The summed E-state index contributed by atoms with van der Waals surface area (Å²) in [4.78, 5) is 18.4.